The summed E-state index contributed by atoms with van der Waals surface area (Å²) in [5, 5.41) is 15.0. The number of fused-ring (bicyclic) bond motifs is 1. The van der Waals surface area contributed by atoms with Gasteiger partial charge in [0.2, 0.25) is 0 Å². The Kier molecular flexibility index (Phi) is 6.87. The zero-order valence-corrected chi connectivity index (χ0v) is 21.3. The summed E-state index contributed by atoms with van der Waals surface area (Å²) >= 11 is 0. The molecule has 0 aliphatic heterocycles. The standard InChI is InChI=1S/C31H29N5O/c1-22(2)17-18-37-27-15-13-23(14-16-27)30-25(21-36(34-30)26-9-5-4-6-10-26)19-24(20-32)31-33-28-11-7-8-12-29(28)35(31)3/h4-16,19,21-22H,17-18H2,1-3H3. The lowest BCUT2D eigenvalue weighted by molar-refractivity contribution is 0.289. The highest BCUT2D eigenvalue weighted by molar-refractivity contribution is 5.93. The van der Waals surface area contributed by atoms with Crippen molar-refractivity contribution < 1.29 is 4.74 Å². The zero-order chi connectivity index (χ0) is 25.8. The summed E-state index contributed by atoms with van der Waals surface area (Å²) in [6.07, 6.45) is 4.84. The van der Waals surface area contributed by atoms with E-state index in [1.54, 1.807) is 0 Å². The molecule has 0 saturated heterocycles. The number of nitrogens with zero attached hydrogens (tertiary/aromatic N) is 5. The normalized spacial score (nSPS) is 11.7. The third-order valence-electron chi connectivity index (χ3n) is 6.30. The fourth-order valence-corrected chi connectivity index (χ4v) is 4.24. The van der Waals surface area contributed by atoms with Gasteiger partial charge in [-0.05, 0) is 66.9 Å². The van der Waals surface area contributed by atoms with E-state index in [1.807, 2.05) is 107 Å². The fourth-order valence-electron chi connectivity index (χ4n) is 4.24. The van der Waals surface area contributed by atoms with Crippen molar-refractivity contribution in [2.24, 2.45) is 13.0 Å². The van der Waals surface area contributed by atoms with Crippen molar-refractivity contribution in [2.75, 3.05) is 6.61 Å². The van der Waals surface area contributed by atoms with Gasteiger partial charge >= 0.3 is 0 Å². The second kappa shape index (κ2) is 10.5. The number of hydrogen-bond acceptors (Lipinski definition) is 4. The molecule has 0 aliphatic rings. The molecule has 6 heteroatoms. The molecule has 0 spiro atoms. The predicted molar refractivity (Wildman–Crippen MR) is 148 cm³/mol. The minimum atomic E-state index is 0.473. The lowest BCUT2D eigenvalue weighted by Gasteiger charge is -2.08. The first-order valence-corrected chi connectivity index (χ1v) is 12.5. The van der Waals surface area contributed by atoms with Gasteiger partial charge in [0.1, 0.15) is 11.8 Å². The molecule has 0 aliphatic carbocycles. The van der Waals surface area contributed by atoms with Crippen LogP contribution in [0.1, 0.15) is 31.7 Å². The first kappa shape index (κ1) is 24.1. The molecule has 0 unspecified atom stereocenters. The number of para-hydroxylation sites is 3. The van der Waals surface area contributed by atoms with E-state index >= 15 is 0 Å². The predicted octanol–water partition coefficient (Wildman–Crippen LogP) is 6.92. The van der Waals surface area contributed by atoms with Gasteiger partial charge < -0.3 is 9.30 Å². The van der Waals surface area contributed by atoms with Crippen LogP contribution in [0.25, 0.3) is 39.6 Å². The minimum Gasteiger partial charge on any atom is -0.494 e. The average Bonchev–Trinajstić information content (AvgIpc) is 3.49. The van der Waals surface area contributed by atoms with Gasteiger partial charge in [0.05, 0.1) is 34.6 Å². The number of imidazole rings is 1. The summed E-state index contributed by atoms with van der Waals surface area (Å²) in [5.74, 6) is 2.05. The number of allylic oxidation sites excluding steroid dienone is 1. The molecule has 0 saturated carbocycles. The van der Waals surface area contributed by atoms with E-state index in [2.05, 4.69) is 19.9 Å². The third-order valence-corrected chi connectivity index (χ3v) is 6.30. The molecule has 37 heavy (non-hydrogen) atoms. The summed E-state index contributed by atoms with van der Waals surface area (Å²) in [7, 11) is 1.93. The molecule has 3 aromatic carbocycles. The summed E-state index contributed by atoms with van der Waals surface area (Å²) in [4.78, 5) is 4.73. The number of ether oxygens (including phenoxy) is 1. The average molecular weight is 488 g/mol. The smallest absolute Gasteiger partial charge is 0.151 e. The molecular formula is C31H29N5O. The maximum atomic E-state index is 10.1. The number of aryl methyl sites for hydroxylation is 1. The SMILES string of the molecule is CC(C)CCOc1ccc(-c2nn(-c3ccccc3)cc2C=C(C#N)c2nc3ccccc3n2C)cc1. The topological polar surface area (TPSA) is 68.7 Å². The molecule has 6 nitrogen and oxygen atoms in total. The molecule has 0 N–H and O–H groups in total. The number of nitriles is 1. The van der Waals surface area contributed by atoms with Crippen LogP contribution >= 0.6 is 0 Å². The molecule has 2 heterocycles. The van der Waals surface area contributed by atoms with Crippen LogP contribution in [0.15, 0.2) is 85.1 Å². The van der Waals surface area contributed by atoms with Crippen LogP contribution in [0.2, 0.25) is 0 Å². The van der Waals surface area contributed by atoms with Gasteiger partial charge in [0.15, 0.2) is 5.82 Å². The quantitative estimate of drug-likeness (QED) is 0.223. The van der Waals surface area contributed by atoms with Crippen LogP contribution in [0.5, 0.6) is 5.75 Å². The highest BCUT2D eigenvalue weighted by Crippen LogP contribution is 2.30. The van der Waals surface area contributed by atoms with E-state index in [1.165, 1.54) is 0 Å². The van der Waals surface area contributed by atoms with Crippen molar-refractivity contribution >= 4 is 22.7 Å². The van der Waals surface area contributed by atoms with Crippen molar-refractivity contribution in [3.63, 3.8) is 0 Å². The highest BCUT2D eigenvalue weighted by atomic mass is 16.5. The number of benzene rings is 3. The van der Waals surface area contributed by atoms with E-state index in [4.69, 9.17) is 14.8 Å². The molecule has 0 radical (unpaired) electrons. The molecule has 0 bridgehead atoms. The first-order valence-electron chi connectivity index (χ1n) is 12.5. The van der Waals surface area contributed by atoms with Crippen LogP contribution in [0.4, 0.5) is 0 Å². The maximum Gasteiger partial charge on any atom is 0.151 e. The Hall–Kier alpha value is -4.63. The van der Waals surface area contributed by atoms with Gasteiger partial charge in [-0.25, -0.2) is 9.67 Å². The van der Waals surface area contributed by atoms with Crippen molar-refractivity contribution in [1.82, 2.24) is 19.3 Å². The molecule has 2 aromatic heterocycles. The Morgan fingerprint density at radius 1 is 1.00 bits per heavy atom. The van der Waals surface area contributed by atoms with Crippen LogP contribution in [-0.2, 0) is 7.05 Å². The Labute approximate surface area is 217 Å². The molecule has 0 amide bonds. The Balaban J connectivity index is 1.56. The van der Waals surface area contributed by atoms with E-state index < -0.39 is 0 Å². The second-order valence-corrected chi connectivity index (χ2v) is 9.42. The molecule has 0 atom stereocenters. The summed E-state index contributed by atoms with van der Waals surface area (Å²) in [6, 6.07) is 28.2. The van der Waals surface area contributed by atoms with E-state index in [9.17, 15) is 5.26 Å². The van der Waals surface area contributed by atoms with Crippen molar-refractivity contribution in [2.45, 2.75) is 20.3 Å². The molecule has 5 rings (SSSR count). The monoisotopic (exact) mass is 487 g/mol. The van der Waals surface area contributed by atoms with Gasteiger partial charge in [-0.3, -0.25) is 0 Å². The van der Waals surface area contributed by atoms with Gasteiger partial charge in [0, 0.05) is 24.4 Å². The summed E-state index contributed by atoms with van der Waals surface area (Å²) in [5.41, 5.74) is 5.81. The molecule has 0 fully saturated rings. The fraction of sp³-hybridized carbons (Fsp3) is 0.194. The van der Waals surface area contributed by atoms with Crippen LogP contribution in [0, 0.1) is 17.2 Å². The van der Waals surface area contributed by atoms with Gasteiger partial charge in [-0.2, -0.15) is 10.4 Å². The van der Waals surface area contributed by atoms with Crippen molar-refractivity contribution in [3.8, 4) is 28.8 Å². The Bertz CT molecular complexity index is 1580. The van der Waals surface area contributed by atoms with Crippen LogP contribution in [0.3, 0.4) is 0 Å². The number of rotatable bonds is 8. The first-order chi connectivity index (χ1) is 18.0. The lowest BCUT2D eigenvalue weighted by Crippen LogP contribution is -2.01. The molecular weight excluding hydrogens is 458 g/mol. The van der Waals surface area contributed by atoms with Gasteiger partial charge in [-0.15, -0.1) is 0 Å². The zero-order valence-electron chi connectivity index (χ0n) is 21.3. The second-order valence-electron chi connectivity index (χ2n) is 9.42. The van der Waals surface area contributed by atoms with Gasteiger partial charge in [-0.1, -0.05) is 44.2 Å². The van der Waals surface area contributed by atoms with Gasteiger partial charge in [0.25, 0.3) is 0 Å². The molecule has 184 valence electrons. The summed E-state index contributed by atoms with van der Waals surface area (Å²) < 4.78 is 9.70. The van der Waals surface area contributed by atoms with Crippen LogP contribution < -0.4 is 4.74 Å². The highest BCUT2D eigenvalue weighted by Gasteiger charge is 2.16. The summed E-state index contributed by atoms with van der Waals surface area (Å²) in [6.45, 7) is 5.07. The Morgan fingerprint density at radius 2 is 1.73 bits per heavy atom. The van der Waals surface area contributed by atoms with Crippen molar-refractivity contribution in [3.05, 3.63) is 96.4 Å². The Morgan fingerprint density at radius 3 is 2.43 bits per heavy atom. The van der Waals surface area contributed by atoms with Crippen molar-refractivity contribution in [1.29, 1.82) is 5.26 Å². The maximum absolute atomic E-state index is 10.1. The molecule has 5 aromatic rings. The number of aromatic nitrogens is 4. The minimum absolute atomic E-state index is 0.473. The lowest BCUT2D eigenvalue weighted by atomic mass is 10.1. The van der Waals surface area contributed by atoms with E-state index in [0.717, 1.165) is 45.7 Å². The largest absolute Gasteiger partial charge is 0.494 e. The van der Waals surface area contributed by atoms with Crippen LogP contribution in [-0.4, -0.2) is 25.9 Å². The van der Waals surface area contributed by atoms with E-state index in [-0.39, 0.29) is 0 Å². The number of hydrogen-bond donors (Lipinski definition) is 0. The third kappa shape index (κ3) is 5.17. The van der Waals surface area contributed by atoms with E-state index in [0.29, 0.717) is 23.9 Å².